The Bertz CT molecular complexity index is 614. The molecule has 0 radical (unpaired) electrons. The lowest BCUT2D eigenvalue weighted by atomic mass is 10.0. The third kappa shape index (κ3) is 3.58. The molecule has 1 unspecified atom stereocenters. The zero-order chi connectivity index (χ0) is 14.8. The molecule has 0 aromatic heterocycles. The molecule has 3 nitrogen and oxygen atoms in total. The first-order valence-corrected chi connectivity index (χ1v) is 6.87. The first-order chi connectivity index (χ1) is 9.36. The van der Waals surface area contributed by atoms with Gasteiger partial charge in [-0.15, -0.1) is 0 Å². The van der Waals surface area contributed by atoms with E-state index in [2.05, 4.69) is 35.6 Å². The van der Waals surface area contributed by atoms with Crippen LogP contribution in [0.2, 0.25) is 0 Å². The molecule has 0 fully saturated rings. The smallest absolute Gasteiger partial charge is 0.251 e. The van der Waals surface area contributed by atoms with Crippen molar-refractivity contribution in [1.29, 1.82) is 0 Å². The van der Waals surface area contributed by atoms with Crippen molar-refractivity contribution >= 4 is 16.7 Å². The molecule has 106 valence electrons. The Balaban J connectivity index is 2.06. The number of carbonyl (C=O) groups excluding carboxylic acids is 1. The molecule has 0 saturated heterocycles. The van der Waals surface area contributed by atoms with E-state index in [-0.39, 0.29) is 11.9 Å². The summed E-state index contributed by atoms with van der Waals surface area (Å²) in [5, 5.41) is 14.9. The van der Waals surface area contributed by atoms with Crippen molar-refractivity contribution in [2.75, 3.05) is 0 Å². The minimum absolute atomic E-state index is 0.0184. The van der Waals surface area contributed by atoms with Gasteiger partial charge in [0, 0.05) is 6.04 Å². The highest BCUT2D eigenvalue weighted by Gasteiger charge is 2.24. The Morgan fingerprint density at radius 3 is 2.50 bits per heavy atom. The van der Waals surface area contributed by atoms with E-state index in [1.165, 1.54) is 30.2 Å². The molecule has 2 rings (SSSR count). The molecule has 1 atom stereocenters. The number of aliphatic hydroxyl groups is 1. The van der Waals surface area contributed by atoms with Crippen LogP contribution < -0.4 is 5.32 Å². The van der Waals surface area contributed by atoms with E-state index in [1.54, 1.807) is 0 Å². The highest BCUT2D eigenvalue weighted by Crippen LogP contribution is 2.16. The average molecular weight is 271 g/mol. The maximum Gasteiger partial charge on any atom is 0.251 e. The van der Waals surface area contributed by atoms with Gasteiger partial charge in [-0.2, -0.15) is 0 Å². The second-order valence-corrected chi connectivity index (χ2v) is 5.82. The molecule has 2 aromatic rings. The van der Waals surface area contributed by atoms with Crippen molar-refractivity contribution in [2.24, 2.45) is 0 Å². The fraction of sp³-hybridized carbons (Fsp3) is 0.353. The molecule has 0 saturated carbocycles. The highest BCUT2D eigenvalue weighted by atomic mass is 16.3. The fourth-order valence-electron chi connectivity index (χ4n) is 2.17. The monoisotopic (exact) mass is 271 g/mol. The molecule has 0 spiro atoms. The van der Waals surface area contributed by atoms with Crippen LogP contribution in [0.4, 0.5) is 0 Å². The SMILES string of the molecule is CC(Cc1ccc2ccccc2c1)NC(=O)C(C)(C)O. The van der Waals surface area contributed by atoms with E-state index in [0.717, 1.165) is 6.42 Å². The van der Waals surface area contributed by atoms with Crippen molar-refractivity contribution in [3.63, 3.8) is 0 Å². The van der Waals surface area contributed by atoms with Gasteiger partial charge in [0.2, 0.25) is 0 Å². The number of carbonyl (C=O) groups is 1. The summed E-state index contributed by atoms with van der Waals surface area (Å²) < 4.78 is 0. The lowest BCUT2D eigenvalue weighted by Gasteiger charge is -2.21. The first kappa shape index (κ1) is 14.5. The van der Waals surface area contributed by atoms with Crippen LogP contribution in [0.15, 0.2) is 42.5 Å². The van der Waals surface area contributed by atoms with Gasteiger partial charge in [0.05, 0.1) is 0 Å². The lowest BCUT2D eigenvalue weighted by molar-refractivity contribution is -0.137. The minimum Gasteiger partial charge on any atom is -0.381 e. The van der Waals surface area contributed by atoms with E-state index in [1.807, 2.05) is 19.1 Å². The Morgan fingerprint density at radius 1 is 1.20 bits per heavy atom. The lowest BCUT2D eigenvalue weighted by Crippen LogP contribution is -2.46. The van der Waals surface area contributed by atoms with Crippen LogP contribution >= 0.6 is 0 Å². The Labute approximate surface area is 119 Å². The molecule has 0 aliphatic heterocycles. The average Bonchev–Trinajstić information content (AvgIpc) is 2.37. The summed E-state index contributed by atoms with van der Waals surface area (Å²) in [6.45, 7) is 4.93. The van der Waals surface area contributed by atoms with Crippen LogP contribution in [-0.2, 0) is 11.2 Å². The van der Waals surface area contributed by atoms with E-state index < -0.39 is 5.60 Å². The molecule has 20 heavy (non-hydrogen) atoms. The van der Waals surface area contributed by atoms with Gasteiger partial charge in [-0.25, -0.2) is 0 Å². The number of amides is 1. The van der Waals surface area contributed by atoms with Crippen LogP contribution in [0, 0.1) is 0 Å². The number of benzene rings is 2. The summed E-state index contributed by atoms with van der Waals surface area (Å²) in [5.74, 6) is -0.342. The standard InChI is InChI=1S/C17H21NO2/c1-12(18-16(19)17(2,3)20)10-13-8-9-14-6-4-5-7-15(14)11-13/h4-9,11-12,20H,10H2,1-3H3,(H,18,19). The summed E-state index contributed by atoms with van der Waals surface area (Å²) in [5.41, 5.74) is -0.162. The van der Waals surface area contributed by atoms with Gasteiger partial charge in [0.1, 0.15) is 5.60 Å². The van der Waals surface area contributed by atoms with Gasteiger partial charge in [0.25, 0.3) is 5.91 Å². The van der Waals surface area contributed by atoms with E-state index >= 15 is 0 Å². The van der Waals surface area contributed by atoms with Crippen LogP contribution in [-0.4, -0.2) is 22.7 Å². The molecule has 0 heterocycles. The molecule has 2 N–H and O–H groups in total. The third-order valence-electron chi connectivity index (χ3n) is 3.29. The predicted molar refractivity (Wildman–Crippen MR) is 81.6 cm³/mol. The molecule has 0 aliphatic carbocycles. The second kappa shape index (κ2) is 5.63. The Morgan fingerprint density at radius 2 is 1.85 bits per heavy atom. The normalized spacial score (nSPS) is 13.2. The minimum atomic E-state index is -1.34. The predicted octanol–water partition coefficient (Wildman–Crippen LogP) is 2.66. The van der Waals surface area contributed by atoms with Crippen molar-refractivity contribution in [2.45, 2.75) is 38.8 Å². The number of fused-ring (bicyclic) bond motifs is 1. The summed E-state index contributed by atoms with van der Waals surface area (Å²) in [6, 6.07) is 14.5. The fourth-order valence-corrected chi connectivity index (χ4v) is 2.17. The number of hydrogen-bond donors (Lipinski definition) is 2. The molecule has 2 aromatic carbocycles. The second-order valence-electron chi connectivity index (χ2n) is 5.82. The summed E-state index contributed by atoms with van der Waals surface area (Å²) >= 11 is 0. The summed E-state index contributed by atoms with van der Waals surface area (Å²) in [6.07, 6.45) is 0.743. The van der Waals surface area contributed by atoms with Crippen molar-refractivity contribution in [1.82, 2.24) is 5.32 Å². The Hall–Kier alpha value is -1.87. The molecule has 0 aliphatic rings. The van der Waals surface area contributed by atoms with Crippen molar-refractivity contribution in [3.05, 3.63) is 48.0 Å². The van der Waals surface area contributed by atoms with Crippen molar-refractivity contribution < 1.29 is 9.90 Å². The first-order valence-electron chi connectivity index (χ1n) is 6.87. The van der Waals surface area contributed by atoms with Crippen LogP contribution in [0.1, 0.15) is 26.3 Å². The maximum absolute atomic E-state index is 11.7. The van der Waals surface area contributed by atoms with Gasteiger partial charge < -0.3 is 10.4 Å². The zero-order valence-corrected chi connectivity index (χ0v) is 12.2. The summed E-state index contributed by atoms with van der Waals surface area (Å²) in [7, 11) is 0. The Kier molecular flexibility index (Phi) is 4.09. The maximum atomic E-state index is 11.7. The van der Waals surface area contributed by atoms with Crippen LogP contribution in [0.25, 0.3) is 10.8 Å². The molecular weight excluding hydrogens is 250 g/mol. The van der Waals surface area contributed by atoms with E-state index in [4.69, 9.17) is 0 Å². The van der Waals surface area contributed by atoms with Gasteiger partial charge in [-0.05, 0) is 43.5 Å². The zero-order valence-electron chi connectivity index (χ0n) is 12.2. The topological polar surface area (TPSA) is 49.3 Å². The molecular formula is C17H21NO2. The molecule has 0 bridgehead atoms. The van der Waals surface area contributed by atoms with Crippen molar-refractivity contribution in [3.8, 4) is 0 Å². The highest BCUT2D eigenvalue weighted by molar-refractivity contribution is 5.84. The number of nitrogens with one attached hydrogen (secondary N) is 1. The van der Waals surface area contributed by atoms with Gasteiger partial charge in [0.15, 0.2) is 0 Å². The molecule has 1 amide bonds. The van der Waals surface area contributed by atoms with E-state index in [9.17, 15) is 9.90 Å². The van der Waals surface area contributed by atoms with Gasteiger partial charge >= 0.3 is 0 Å². The molecule has 3 heteroatoms. The van der Waals surface area contributed by atoms with Crippen LogP contribution in [0.5, 0.6) is 0 Å². The quantitative estimate of drug-likeness (QED) is 0.898. The van der Waals surface area contributed by atoms with Gasteiger partial charge in [-0.3, -0.25) is 4.79 Å². The van der Waals surface area contributed by atoms with E-state index in [0.29, 0.717) is 0 Å². The largest absolute Gasteiger partial charge is 0.381 e. The number of rotatable bonds is 4. The number of hydrogen-bond acceptors (Lipinski definition) is 2. The summed E-state index contributed by atoms with van der Waals surface area (Å²) in [4.78, 5) is 11.7. The third-order valence-corrected chi connectivity index (χ3v) is 3.29. The van der Waals surface area contributed by atoms with Crippen LogP contribution in [0.3, 0.4) is 0 Å². The van der Waals surface area contributed by atoms with Gasteiger partial charge in [-0.1, -0.05) is 42.5 Å².